The zero-order valence-electron chi connectivity index (χ0n) is 13.7. The molecule has 0 spiro atoms. The maximum absolute atomic E-state index is 5.88. The van der Waals surface area contributed by atoms with Crippen LogP contribution in [0.2, 0.25) is 0 Å². The van der Waals surface area contributed by atoms with Gasteiger partial charge in [0.2, 0.25) is 11.0 Å². The van der Waals surface area contributed by atoms with Crippen LogP contribution >= 0.6 is 11.5 Å². The molecular weight excluding hydrogens is 298 g/mol. The van der Waals surface area contributed by atoms with Crippen LogP contribution in [0.15, 0.2) is 10.6 Å². The van der Waals surface area contributed by atoms with Gasteiger partial charge in [0.05, 0.1) is 12.7 Å². The Morgan fingerprint density at radius 3 is 2.50 bits per heavy atom. The number of anilines is 1. The number of hydrogen-bond donors (Lipinski definition) is 0. The Balaban J connectivity index is 1.55. The zero-order valence-corrected chi connectivity index (χ0v) is 14.5. The van der Waals surface area contributed by atoms with E-state index in [4.69, 9.17) is 4.42 Å². The first-order valence-electron chi connectivity index (χ1n) is 7.64. The maximum Gasteiger partial charge on any atom is 0.208 e. The van der Waals surface area contributed by atoms with Crippen molar-refractivity contribution in [1.29, 1.82) is 0 Å². The van der Waals surface area contributed by atoms with E-state index in [1.807, 2.05) is 13.1 Å². The van der Waals surface area contributed by atoms with Gasteiger partial charge in [0.25, 0.3) is 0 Å². The highest BCUT2D eigenvalue weighted by Crippen LogP contribution is 2.24. The Bertz CT molecular complexity index is 622. The Hall–Kier alpha value is -1.47. The molecule has 1 aliphatic rings. The van der Waals surface area contributed by atoms with Gasteiger partial charge in [-0.05, 0) is 6.92 Å². The van der Waals surface area contributed by atoms with Gasteiger partial charge in [-0.15, -0.1) is 0 Å². The molecular formula is C15H23N5OS. The lowest BCUT2D eigenvalue weighted by atomic mass is 9.94. The molecule has 1 saturated heterocycles. The summed E-state index contributed by atoms with van der Waals surface area (Å²) in [6.45, 7) is 13.1. The van der Waals surface area contributed by atoms with E-state index in [2.05, 4.69) is 44.9 Å². The van der Waals surface area contributed by atoms with E-state index in [0.717, 1.165) is 55.3 Å². The molecule has 0 aromatic carbocycles. The fourth-order valence-corrected chi connectivity index (χ4v) is 3.16. The molecule has 1 aliphatic heterocycles. The maximum atomic E-state index is 5.88. The monoisotopic (exact) mass is 321 g/mol. The van der Waals surface area contributed by atoms with Crippen molar-refractivity contribution in [2.24, 2.45) is 0 Å². The second-order valence-electron chi connectivity index (χ2n) is 6.76. The van der Waals surface area contributed by atoms with Gasteiger partial charge in [0.15, 0.2) is 0 Å². The highest BCUT2D eigenvalue weighted by atomic mass is 32.1. The molecule has 0 bridgehead atoms. The number of oxazole rings is 1. The molecule has 0 amide bonds. The van der Waals surface area contributed by atoms with Crippen LogP contribution in [0.1, 0.15) is 38.2 Å². The normalized spacial score (nSPS) is 17.2. The molecule has 1 fully saturated rings. The molecule has 22 heavy (non-hydrogen) atoms. The molecule has 7 heteroatoms. The molecule has 0 atom stereocenters. The number of hydrogen-bond acceptors (Lipinski definition) is 7. The minimum absolute atomic E-state index is 0.0135. The summed E-state index contributed by atoms with van der Waals surface area (Å²) in [5.41, 5.74) is 0.0135. The lowest BCUT2D eigenvalue weighted by molar-refractivity contribution is 0.221. The van der Waals surface area contributed by atoms with Gasteiger partial charge < -0.3 is 9.32 Å². The van der Waals surface area contributed by atoms with Crippen LogP contribution in [0.4, 0.5) is 5.13 Å². The van der Waals surface area contributed by atoms with Crippen molar-refractivity contribution >= 4 is 16.7 Å². The summed E-state index contributed by atoms with van der Waals surface area (Å²) in [6, 6.07) is 0. The van der Waals surface area contributed by atoms with E-state index < -0.39 is 0 Å². The summed E-state index contributed by atoms with van der Waals surface area (Å²) in [7, 11) is 0. The standard InChI is InChI=1S/C15H23N5OS/c1-11-17-14(22-18-11)20-7-5-19(6-8-20)10-13-16-9-12(21-13)15(2,3)4/h9H,5-8,10H2,1-4H3. The summed E-state index contributed by atoms with van der Waals surface area (Å²) in [4.78, 5) is 13.6. The van der Waals surface area contributed by atoms with Crippen LogP contribution < -0.4 is 4.90 Å². The van der Waals surface area contributed by atoms with Crippen LogP contribution in [0, 0.1) is 6.92 Å². The molecule has 3 rings (SSSR count). The van der Waals surface area contributed by atoms with E-state index in [1.165, 1.54) is 11.5 Å². The Kier molecular flexibility index (Phi) is 4.18. The van der Waals surface area contributed by atoms with Crippen molar-refractivity contribution in [3.05, 3.63) is 23.7 Å². The fourth-order valence-electron chi connectivity index (χ4n) is 2.43. The van der Waals surface area contributed by atoms with Crippen molar-refractivity contribution < 1.29 is 4.42 Å². The summed E-state index contributed by atoms with van der Waals surface area (Å²) in [5, 5.41) is 1.03. The number of aromatic nitrogens is 3. The summed E-state index contributed by atoms with van der Waals surface area (Å²) < 4.78 is 10.1. The van der Waals surface area contributed by atoms with Crippen molar-refractivity contribution in [3.63, 3.8) is 0 Å². The van der Waals surface area contributed by atoms with E-state index in [0.29, 0.717) is 0 Å². The molecule has 6 nitrogen and oxygen atoms in total. The van der Waals surface area contributed by atoms with E-state index >= 15 is 0 Å². The van der Waals surface area contributed by atoms with Crippen molar-refractivity contribution in [1.82, 2.24) is 19.2 Å². The zero-order chi connectivity index (χ0) is 15.7. The predicted octanol–water partition coefficient (Wildman–Crippen LogP) is 2.45. The SMILES string of the molecule is Cc1nsc(N2CCN(Cc3ncc(C(C)(C)C)o3)CC2)n1. The average Bonchev–Trinajstić information content (AvgIpc) is 3.08. The van der Waals surface area contributed by atoms with Gasteiger partial charge in [0.1, 0.15) is 11.6 Å². The van der Waals surface area contributed by atoms with E-state index in [1.54, 1.807) is 0 Å². The average molecular weight is 321 g/mol. The summed E-state index contributed by atoms with van der Waals surface area (Å²) >= 11 is 1.48. The number of nitrogens with zero attached hydrogens (tertiary/aromatic N) is 5. The van der Waals surface area contributed by atoms with Crippen LogP contribution in [0.3, 0.4) is 0 Å². The molecule has 2 aromatic heterocycles. The van der Waals surface area contributed by atoms with Gasteiger partial charge in [-0.1, -0.05) is 20.8 Å². The largest absolute Gasteiger partial charge is 0.444 e. The lowest BCUT2D eigenvalue weighted by Crippen LogP contribution is -2.46. The van der Waals surface area contributed by atoms with Crippen LogP contribution in [0.25, 0.3) is 0 Å². The van der Waals surface area contributed by atoms with Gasteiger partial charge in [0, 0.05) is 43.1 Å². The van der Waals surface area contributed by atoms with Gasteiger partial charge in [-0.2, -0.15) is 4.37 Å². The van der Waals surface area contributed by atoms with Crippen molar-refractivity contribution in [2.45, 2.75) is 39.7 Å². The summed E-state index contributed by atoms with van der Waals surface area (Å²) in [6.07, 6.45) is 1.86. The van der Waals surface area contributed by atoms with Gasteiger partial charge >= 0.3 is 0 Å². The first-order valence-corrected chi connectivity index (χ1v) is 8.42. The summed E-state index contributed by atoms with van der Waals surface area (Å²) in [5.74, 6) is 2.62. The van der Waals surface area contributed by atoms with Crippen LogP contribution in [0.5, 0.6) is 0 Å². The van der Waals surface area contributed by atoms with Crippen molar-refractivity contribution in [2.75, 3.05) is 31.1 Å². The second-order valence-corrected chi connectivity index (χ2v) is 7.49. The highest BCUT2D eigenvalue weighted by molar-refractivity contribution is 7.09. The third-order valence-corrected chi connectivity index (χ3v) is 4.68. The molecule has 0 radical (unpaired) electrons. The lowest BCUT2D eigenvalue weighted by Gasteiger charge is -2.33. The first-order chi connectivity index (χ1) is 10.4. The molecule has 0 unspecified atom stereocenters. The smallest absolute Gasteiger partial charge is 0.208 e. The van der Waals surface area contributed by atoms with E-state index in [9.17, 15) is 0 Å². The number of piperazine rings is 1. The third kappa shape index (κ3) is 3.47. The molecule has 0 saturated carbocycles. The molecule has 2 aromatic rings. The van der Waals surface area contributed by atoms with Crippen molar-refractivity contribution in [3.8, 4) is 0 Å². The minimum atomic E-state index is 0.0135. The molecule has 3 heterocycles. The quantitative estimate of drug-likeness (QED) is 0.865. The first kappa shape index (κ1) is 15.4. The number of aryl methyl sites for hydroxylation is 1. The van der Waals surface area contributed by atoms with Gasteiger partial charge in [-0.3, -0.25) is 4.90 Å². The number of rotatable bonds is 3. The van der Waals surface area contributed by atoms with Gasteiger partial charge in [-0.25, -0.2) is 9.97 Å². The Morgan fingerprint density at radius 1 is 1.23 bits per heavy atom. The Labute approximate surface area is 135 Å². The van der Waals surface area contributed by atoms with Crippen LogP contribution in [-0.4, -0.2) is 45.4 Å². The molecule has 0 N–H and O–H groups in total. The minimum Gasteiger partial charge on any atom is -0.444 e. The highest BCUT2D eigenvalue weighted by Gasteiger charge is 2.23. The fraction of sp³-hybridized carbons (Fsp3) is 0.667. The predicted molar refractivity (Wildman–Crippen MR) is 87.3 cm³/mol. The molecule has 120 valence electrons. The van der Waals surface area contributed by atoms with E-state index in [-0.39, 0.29) is 5.41 Å². The third-order valence-electron chi connectivity index (χ3n) is 3.81. The second kappa shape index (κ2) is 5.96. The Morgan fingerprint density at radius 2 is 1.95 bits per heavy atom. The van der Waals surface area contributed by atoms with Crippen LogP contribution in [-0.2, 0) is 12.0 Å². The topological polar surface area (TPSA) is 58.3 Å². The molecule has 0 aliphatic carbocycles.